The van der Waals surface area contributed by atoms with Crippen LogP contribution in [-0.4, -0.2) is 22.5 Å². The van der Waals surface area contributed by atoms with Crippen molar-refractivity contribution in [2.75, 3.05) is 6.54 Å². The quantitative estimate of drug-likeness (QED) is 0.810. The van der Waals surface area contributed by atoms with Gasteiger partial charge >= 0.3 is 0 Å². The van der Waals surface area contributed by atoms with Crippen molar-refractivity contribution < 1.29 is 0 Å². The molecule has 1 aliphatic rings. The highest BCUT2D eigenvalue weighted by atomic mass is 79.9. The van der Waals surface area contributed by atoms with Gasteiger partial charge in [-0.2, -0.15) is 0 Å². The molecule has 0 unspecified atom stereocenters. The monoisotopic (exact) mass is 336 g/mol. The lowest BCUT2D eigenvalue weighted by Gasteiger charge is -2.29. The molecule has 19 heavy (non-hydrogen) atoms. The third-order valence-electron chi connectivity index (χ3n) is 3.60. The first-order valence-electron chi connectivity index (χ1n) is 6.62. The van der Waals surface area contributed by atoms with E-state index in [2.05, 4.69) is 52.9 Å². The molecule has 0 saturated heterocycles. The van der Waals surface area contributed by atoms with Crippen LogP contribution in [0.1, 0.15) is 24.4 Å². The van der Waals surface area contributed by atoms with Crippen molar-refractivity contribution in [3.05, 3.63) is 39.3 Å². The van der Waals surface area contributed by atoms with Crippen LogP contribution in [0.4, 0.5) is 0 Å². The Morgan fingerprint density at radius 2 is 2.11 bits per heavy atom. The average molecular weight is 337 g/mol. The first-order valence-corrected chi connectivity index (χ1v) is 8.23. The summed E-state index contributed by atoms with van der Waals surface area (Å²) in [5.41, 5.74) is 2.51. The summed E-state index contributed by atoms with van der Waals surface area (Å²) in [4.78, 5) is 8.79. The van der Waals surface area contributed by atoms with Gasteiger partial charge in [0.1, 0.15) is 5.01 Å². The second-order valence-electron chi connectivity index (χ2n) is 5.18. The molecule has 0 fully saturated rings. The minimum Gasteiger partial charge on any atom is -0.295 e. The molecule has 0 N–H and O–H groups in total. The van der Waals surface area contributed by atoms with Crippen molar-refractivity contribution in [1.29, 1.82) is 0 Å². The van der Waals surface area contributed by atoms with Crippen LogP contribution in [0, 0.1) is 0 Å². The van der Waals surface area contributed by atoms with E-state index in [1.165, 1.54) is 16.1 Å². The van der Waals surface area contributed by atoms with E-state index in [1.807, 2.05) is 17.4 Å². The third-order valence-corrected chi connectivity index (χ3v) is 5.40. The fourth-order valence-electron chi connectivity index (χ4n) is 2.41. The summed E-state index contributed by atoms with van der Waals surface area (Å²) in [6, 6.07) is 8.94. The van der Waals surface area contributed by atoms with E-state index in [-0.39, 0.29) is 0 Å². The maximum absolute atomic E-state index is 4.84. The Morgan fingerprint density at radius 3 is 2.84 bits per heavy atom. The molecule has 3 rings (SSSR count). The van der Waals surface area contributed by atoms with Crippen LogP contribution in [0.15, 0.2) is 28.7 Å². The van der Waals surface area contributed by atoms with Gasteiger partial charge in [-0.3, -0.25) is 4.90 Å². The van der Waals surface area contributed by atoms with Gasteiger partial charge < -0.3 is 0 Å². The third kappa shape index (κ3) is 2.62. The highest BCUT2D eigenvalue weighted by molar-refractivity contribution is 9.10. The SMILES string of the molecule is CC(C)N1CCc2nc(-c3ccccc3Br)sc2C1. The molecular weight excluding hydrogens is 320 g/mol. The number of benzene rings is 1. The second-order valence-corrected chi connectivity index (χ2v) is 7.12. The highest BCUT2D eigenvalue weighted by Gasteiger charge is 2.22. The lowest BCUT2D eigenvalue weighted by atomic mass is 10.1. The summed E-state index contributed by atoms with van der Waals surface area (Å²) in [5, 5.41) is 1.14. The van der Waals surface area contributed by atoms with Crippen LogP contribution in [0.3, 0.4) is 0 Å². The van der Waals surface area contributed by atoms with Crippen LogP contribution in [0.5, 0.6) is 0 Å². The zero-order valence-corrected chi connectivity index (χ0v) is 13.6. The Balaban J connectivity index is 1.94. The van der Waals surface area contributed by atoms with Gasteiger partial charge in [-0.05, 0) is 19.9 Å². The van der Waals surface area contributed by atoms with Crippen molar-refractivity contribution >= 4 is 27.3 Å². The lowest BCUT2D eigenvalue weighted by Crippen LogP contribution is -2.35. The van der Waals surface area contributed by atoms with Crippen LogP contribution < -0.4 is 0 Å². The summed E-state index contributed by atoms with van der Waals surface area (Å²) in [7, 11) is 0. The van der Waals surface area contributed by atoms with E-state index in [0.29, 0.717) is 6.04 Å². The van der Waals surface area contributed by atoms with Crippen LogP contribution >= 0.6 is 27.3 Å². The number of fused-ring (bicyclic) bond motifs is 1. The first kappa shape index (κ1) is 13.3. The van der Waals surface area contributed by atoms with Gasteiger partial charge in [0.25, 0.3) is 0 Å². The molecule has 1 aliphatic heterocycles. The number of aromatic nitrogens is 1. The topological polar surface area (TPSA) is 16.1 Å². The maximum atomic E-state index is 4.84. The first-order chi connectivity index (χ1) is 9.15. The Kier molecular flexibility index (Phi) is 3.74. The molecule has 0 radical (unpaired) electrons. The molecule has 2 heterocycles. The summed E-state index contributed by atoms with van der Waals surface area (Å²) < 4.78 is 1.13. The standard InChI is InChI=1S/C15H17BrN2S/c1-10(2)18-8-7-13-14(9-18)19-15(17-13)11-5-3-4-6-12(11)16/h3-6,10H,7-9H2,1-2H3. The maximum Gasteiger partial charge on any atom is 0.125 e. The molecule has 2 nitrogen and oxygen atoms in total. The average Bonchev–Trinajstić information content (AvgIpc) is 2.81. The van der Waals surface area contributed by atoms with Gasteiger partial charge in [-0.25, -0.2) is 4.98 Å². The zero-order valence-electron chi connectivity index (χ0n) is 11.2. The molecule has 2 aromatic rings. The van der Waals surface area contributed by atoms with Gasteiger partial charge in [-0.1, -0.05) is 34.1 Å². The van der Waals surface area contributed by atoms with Crippen molar-refractivity contribution in [2.45, 2.75) is 32.9 Å². The van der Waals surface area contributed by atoms with Gasteiger partial charge in [0, 0.05) is 40.5 Å². The summed E-state index contributed by atoms with van der Waals surface area (Å²) >= 11 is 5.46. The van der Waals surface area contributed by atoms with E-state index in [0.717, 1.165) is 29.0 Å². The number of rotatable bonds is 2. The molecule has 0 bridgehead atoms. The van der Waals surface area contributed by atoms with Gasteiger partial charge in [-0.15, -0.1) is 11.3 Å². The number of thiazole rings is 1. The number of nitrogens with zero attached hydrogens (tertiary/aromatic N) is 2. The normalized spacial score (nSPS) is 15.8. The van der Waals surface area contributed by atoms with Crippen molar-refractivity contribution in [3.8, 4) is 10.6 Å². The van der Waals surface area contributed by atoms with E-state index in [1.54, 1.807) is 0 Å². The van der Waals surface area contributed by atoms with Crippen LogP contribution in [0.25, 0.3) is 10.6 Å². The van der Waals surface area contributed by atoms with Gasteiger partial charge in [0.05, 0.1) is 5.69 Å². The minimum absolute atomic E-state index is 0.613. The Morgan fingerprint density at radius 1 is 1.32 bits per heavy atom. The highest BCUT2D eigenvalue weighted by Crippen LogP contribution is 2.35. The molecular formula is C15H17BrN2S. The van der Waals surface area contributed by atoms with Gasteiger partial charge in [0.2, 0.25) is 0 Å². The lowest BCUT2D eigenvalue weighted by molar-refractivity contribution is 0.205. The summed E-state index contributed by atoms with van der Waals surface area (Å²) in [6.45, 7) is 6.71. The second kappa shape index (κ2) is 5.35. The molecule has 0 amide bonds. The molecule has 0 atom stereocenters. The smallest absolute Gasteiger partial charge is 0.125 e. The number of hydrogen-bond acceptors (Lipinski definition) is 3. The Hall–Kier alpha value is -0.710. The molecule has 4 heteroatoms. The summed E-state index contributed by atoms with van der Waals surface area (Å²) in [5.74, 6) is 0. The van der Waals surface area contributed by atoms with Crippen molar-refractivity contribution in [3.63, 3.8) is 0 Å². The van der Waals surface area contributed by atoms with E-state index in [9.17, 15) is 0 Å². The number of halogens is 1. The fourth-order valence-corrected chi connectivity index (χ4v) is 4.18. The van der Waals surface area contributed by atoms with Crippen LogP contribution in [0.2, 0.25) is 0 Å². The van der Waals surface area contributed by atoms with Crippen molar-refractivity contribution in [2.24, 2.45) is 0 Å². The molecule has 0 spiro atoms. The predicted octanol–water partition coefficient (Wildman–Crippen LogP) is 4.34. The molecule has 0 saturated carbocycles. The molecule has 1 aromatic heterocycles. The molecule has 1 aromatic carbocycles. The molecule has 100 valence electrons. The van der Waals surface area contributed by atoms with E-state index in [4.69, 9.17) is 4.98 Å². The van der Waals surface area contributed by atoms with Gasteiger partial charge in [0.15, 0.2) is 0 Å². The van der Waals surface area contributed by atoms with Crippen molar-refractivity contribution in [1.82, 2.24) is 9.88 Å². The fraction of sp³-hybridized carbons (Fsp3) is 0.400. The summed E-state index contributed by atoms with van der Waals surface area (Å²) in [6.07, 6.45) is 1.08. The largest absolute Gasteiger partial charge is 0.295 e. The molecule has 0 aliphatic carbocycles. The predicted molar refractivity (Wildman–Crippen MR) is 84.5 cm³/mol. The number of hydrogen-bond donors (Lipinski definition) is 0. The zero-order chi connectivity index (χ0) is 13.4. The van der Waals surface area contributed by atoms with E-state index < -0.39 is 0 Å². The minimum atomic E-state index is 0.613. The Bertz CT molecular complexity index is 592. The Labute approximate surface area is 126 Å². The van der Waals surface area contributed by atoms with E-state index >= 15 is 0 Å². The van der Waals surface area contributed by atoms with Crippen LogP contribution in [-0.2, 0) is 13.0 Å².